The molecule has 0 aliphatic rings. The Morgan fingerprint density at radius 1 is 1.33 bits per heavy atom. The van der Waals surface area contributed by atoms with Gasteiger partial charge in [-0.25, -0.2) is 0 Å². The lowest BCUT2D eigenvalue weighted by atomic mass is 10.1. The molecule has 0 bridgehead atoms. The molecule has 0 aliphatic carbocycles. The number of nitrogens with one attached hydrogen (secondary N) is 1. The number of nitrogens with two attached hydrogens (primary N) is 1. The van der Waals surface area contributed by atoms with Gasteiger partial charge in [-0.15, -0.1) is 0 Å². The Kier molecular flexibility index (Phi) is 5.90. The number of rotatable bonds is 8. The van der Waals surface area contributed by atoms with E-state index in [-0.39, 0.29) is 0 Å². The second kappa shape index (κ2) is 7.90. The minimum Gasteiger partial charge on any atom is -0.389 e. The first-order chi connectivity index (χ1) is 10.2. The van der Waals surface area contributed by atoms with E-state index in [1.807, 2.05) is 24.3 Å². The first kappa shape index (κ1) is 15.7. The Labute approximate surface area is 130 Å². The van der Waals surface area contributed by atoms with E-state index in [1.54, 1.807) is 6.20 Å². The molecule has 0 unspecified atom stereocenters. The largest absolute Gasteiger partial charge is 0.389 e. The van der Waals surface area contributed by atoms with Crippen LogP contribution in [0.25, 0.3) is 10.9 Å². The number of aromatic nitrogens is 1. The van der Waals surface area contributed by atoms with Crippen molar-refractivity contribution in [3.05, 3.63) is 36.0 Å². The van der Waals surface area contributed by atoms with Crippen molar-refractivity contribution in [2.45, 2.75) is 19.8 Å². The summed E-state index contributed by atoms with van der Waals surface area (Å²) in [6.45, 7) is 4.49. The molecule has 0 fully saturated rings. The summed E-state index contributed by atoms with van der Waals surface area (Å²) in [7, 11) is 0. The Hall–Kier alpha value is -1.72. The van der Waals surface area contributed by atoms with Crippen LogP contribution in [0.2, 0.25) is 0 Å². The monoisotopic (exact) mass is 303 g/mol. The van der Waals surface area contributed by atoms with E-state index in [4.69, 9.17) is 22.7 Å². The second-order valence-electron chi connectivity index (χ2n) is 4.82. The summed E-state index contributed by atoms with van der Waals surface area (Å²) in [5.74, 6) is 0. The Morgan fingerprint density at radius 3 is 2.90 bits per heavy atom. The maximum Gasteiger partial charge on any atom is 0.107 e. The fraction of sp³-hybridized carbons (Fsp3) is 0.375. The summed E-state index contributed by atoms with van der Waals surface area (Å²) >= 11 is 5.12. The molecule has 0 amide bonds. The van der Waals surface area contributed by atoms with Crippen molar-refractivity contribution >= 4 is 33.8 Å². The number of pyridine rings is 1. The summed E-state index contributed by atoms with van der Waals surface area (Å²) in [5, 5.41) is 4.47. The molecular formula is C16H21N3OS. The first-order valence-corrected chi connectivity index (χ1v) is 7.64. The number of nitrogens with zero attached hydrogens (tertiary/aromatic N) is 1. The van der Waals surface area contributed by atoms with E-state index in [9.17, 15) is 0 Å². The van der Waals surface area contributed by atoms with Crippen LogP contribution in [-0.2, 0) is 4.74 Å². The highest BCUT2D eigenvalue weighted by Gasteiger charge is 2.10. The van der Waals surface area contributed by atoms with Gasteiger partial charge in [0.25, 0.3) is 0 Å². The van der Waals surface area contributed by atoms with Crippen molar-refractivity contribution in [2.75, 3.05) is 25.1 Å². The topological polar surface area (TPSA) is 60.2 Å². The quantitative estimate of drug-likeness (QED) is 0.579. The zero-order chi connectivity index (χ0) is 15.1. The van der Waals surface area contributed by atoms with Crippen LogP contribution >= 0.6 is 12.2 Å². The Balaban J connectivity index is 2.12. The summed E-state index contributed by atoms with van der Waals surface area (Å²) in [5.41, 5.74) is 8.49. The van der Waals surface area contributed by atoms with E-state index in [0.717, 1.165) is 54.8 Å². The molecule has 1 heterocycles. The minimum absolute atomic E-state index is 0.359. The van der Waals surface area contributed by atoms with Gasteiger partial charge in [0.15, 0.2) is 0 Å². The molecule has 0 saturated heterocycles. The van der Waals surface area contributed by atoms with Crippen molar-refractivity contribution in [2.24, 2.45) is 5.73 Å². The van der Waals surface area contributed by atoms with Crippen LogP contribution in [0.15, 0.2) is 30.5 Å². The zero-order valence-electron chi connectivity index (χ0n) is 12.3. The van der Waals surface area contributed by atoms with Crippen LogP contribution in [-0.4, -0.2) is 29.7 Å². The molecule has 1 aromatic carbocycles. The maximum absolute atomic E-state index is 5.80. The molecule has 1 aromatic heterocycles. The fourth-order valence-electron chi connectivity index (χ4n) is 2.15. The summed E-state index contributed by atoms with van der Waals surface area (Å²) < 4.78 is 5.48. The van der Waals surface area contributed by atoms with Crippen LogP contribution in [0, 0.1) is 0 Å². The van der Waals surface area contributed by atoms with E-state index in [1.165, 1.54) is 0 Å². The second-order valence-corrected chi connectivity index (χ2v) is 5.26. The molecule has 3 N–H and O–H groups in total. The van der Waals surface area contributed by atoms with Gasteiger partial charge >= 0.3 is 0 Å². The van der Waals surface area contributed by atoms with E-state index >= 15 is 0 Å². The molecule has 0 saturated carbocycles. The van der Waals surface area contributed by atoms with Gasteiger partial charge in [-0.05, 0) is 18.9 Å². The number of ether oxygens (including phenoxy) is 1. The number of hydrogen-bond donors (Lipinski definition) is 2. The molecule has 2 aromatic rings. The molecule has 0 aliphatic heterocycles. The third-order valence-corrected chi connectivity index (χ3v) is 3.38. The highest BCUT2D eigenvalue weighted by Crippen LogP contribution is 2.25. The molecule has 0 radical (unpaired) electrons. The molecule has 0 spiro atoms. The Morgan fingerprint density at radius 2 is 2.14 bits per heavy atom. The van der Waals surface area contributed by atoms with Gasteiger partial charge in [0, 0.05) is 31.3 Å². The predicted octanol–water partition coefficient (Wildman–Crippen LogP) is 3.10. The lowest BCUT2D eigenvalue weighted by Gasteiger charge is -2.14. The van der Waals surface area contributed by atoms with Crippen LogP contribution in [0.3, 0.4) is 0 Å². The van der Waals surface area contributed by atoms with Gasteiger partial charge < -0.3 is 15.8 Å². The van der Waals surface area contributed by atoms with Crippen LogP contribution < -0.4 is 11.1 Å². The number of fused-ring (bicyclic) bond motifs is 1. The molecule has 2 rings (SSSR count). The van der Waals surface area contributed by atoms with Crippen molar-refractivity contribution in [3.8, 4) is 0 Å². The van der Waals surface area contributed by atoms with Gasteiger partial charge in [0.05, 0.1) is 16.8 Å². The van der Waals surface area contributed by atoms with Gasteiger partial charge in [0.2, 0.25) is 0 Å². The summed E-state index contributed by atoms with van der Waals surface area (Å²) in [6.07, 6.45) is 3.72. The number of anilines is 1. The highest BCUT2D eigenvalue weighted by molar-refractivity contribution is 7.80. The van der Waals surface area contributed by atoms with Crippen LogP contribution in [0.4, 0.5) is 5.69 Å². The normalized spacial score (nSPS) is 10.7. The SMILES string of the molecule is CCCOCCCNc1c(C(N)=S)cnc2ccccc12. The molecular weight excluding hydrogens is 282 g/mol. The lowest BCUT2D eigenvalue weighted by Crippen LogP contribution is -2.15. The van der Waals surface area contributed by atoms with Gasteiger partial charge in [-0.1, -0.05) is 37.3 Å². The number of para-hydroxylation sites is 1. The number of thiocarbonyl (C=S) groups is 1. The molecule has 21 heavy (non-hydrogen) atoms. The average Bonchev–Trinajstić information content (AvgIpc) is 2.50. The number of hydrogen-bond acceptors (Lipinski definition) is 4. The summed E-state index contributed by atoms with van der Waals surface area (Å²) in [6, 6.07) is 7.97. The lowest BCUT2D eigenvalue weighted by molar-refractivity contribution is 0.134. The molecule has 4 nitrogen and oxygen atoms in total. The van der Waals surface area contributed by atoms with Crippen molar-refractivity contribution in [3.63, 3.8) is 0 Å². The fourth-order valence-corrected chi connectivity index (χ4v) is 2.31. The summed E-state index contributed by atoms with van der Waals surface area (Å²) in [4.78, 5) is 4.76. The van der Waals surface area contributed by atoms with Gasteiger partial charge in [-0.3, -0.25) is 4.98 Å². The predicted molar refractivity (Wildman–Crippen MR) is 91.8 cm³/mol. The molecule has 0 atom stereocenters. The standard InChI is InChI=1S/C16H21N3OS/c1-2-9-20-10-5-8-18-15-12-6-3-4-7-14(12)19-11-13(15)16(17)21/h3-4,6-7,11H,2,5,8-10H2,1H3,(H2,17,21)(H,18,19). The van der Waals surface area contributed by atoms with Gasteiger partial charge in [0.1, 0.15) is 4.99 Å². The van der Waals surface area contributed by atoms with Crippen LogP contribution in [0.1, 0.15) is 25.3 Å². The van der Waals surface area contributed by atoms with E-state index in [0.29, 0.717) is 4.99 Å². The maximum atomic E-state index is 5.80. The number of benzene rings is 1. The van der Waals surface area contributed by atoms with Crippen molar-refractivity contribution in [1.82, 2.24) is 4.98 Å². The molecule has 112 valence electrons. The highest BCUT2D eigenvalue weighted by atomic mass is 32.1. The van der Waals surface area contributed by atoms with E-state index in [2.05, 4.69) is 17.2 Å². The first-order valence-electron chi connectivity index (χ1n) is 7.23. The Bertz CT molecular complexity index is 615. The van der Waals surface area contributed by atoms with Crippen LogP contribution in [0.5, 0.6) is 0 Å². The zero-order valence-corrected chi connectivity index (χ0v) is 13.1. The third kappa shape index (κ3) is 4.12. The third-order valence-electron chi connectivity index (χ3n) is 3.16. The van der Waals surface area contributed by atoms with Crippen molar-refractivity contribution in [1.29, 1.82) is 0 Å². The molecule has 5 heteroatoms. The van der Waals surface area contributed by atoms with Crippen molar-refractivity contribution < 1.29 is 4.74 Å². The van der Waals surface area contributed by atoms with Gasteiger partial charge in [-0.2, -0.15) is 0 Å². The van der Waals surface area contributed by atoms with E-state index < -0.39 is 0 Å². The smallest absolute Gasteiger partial charge is 0.107 e. The average molecular weight is 303 g/mol. The minimum atomic E-state index is 0.359.